The summed E-state index contributed by atoms with van der Waals surface area (Å²) in [4.78, 5) is 23.0. The second kappa shape index (κ2) is 5.90. The SMILES string of the molecule is NC(=O)CNC(=O)c1ccc(C#CCO)s1. The first kappa shape index (κ1) is 12.2. The van der Waals surface area contributed by atoms with Crippen LogP contribution in [0.5, 0.6) is 0 Å². The first-order valence-corrected chi connectivity index (χ1v) is 5.21. The highest BCUT2D eigenvalue weighted by atomic mass is 32.1. The fourth-order valence-corrected chi connectivity index (χ4v) is 1.71. The zero-order valence-corrected chi connectivity index (χ0v) is 9.13. The number of primary amides is 1. The minimum absolute atomic E-state index is 0.186. The van der Waals surface area contributed by atoms with Gasteiger partial charge in [0.1, 0.15) is 6.61 Å². The van der Waals surface area contributed by atoms with Gasteiger partial charge in [0.2, 0.25) is 5.91 Å². The summed E-state index contributed by atoms with van der Waals surface area (Å²) >= 11 is 1.18. The molecule has 1 rings (SSSR count). The van der Waals surface area contributed by atoms with Crippen molar-refractivity contribution in [1.82, 2.24) is 5.32 Å². The topological polar surface area (TPSA) is 92.4 Å². The normalized spacial score (nSPS) is 9.06. The molecule has 0 atom stereocenters. The Bertz CT molecular complexity index is 456. The summed E-state index contributed by atoms with van der Waals surface area (Å²) in [7, 11) is 0. The molecule has 0 radical (unpaired) electrons. The summed E-state index contributed by atoms with van der Waals surface area (Å²) in [6.07, 6.45) is 0. The molecule has 0 bridgehead atoms. The second-order valence-corrected chi connectivity index (χ2v) is 3.86. The van der Waals surface area contributed by atoms with Gasteiger partial charge in [0.25, 0.3) is 5.91 Å². The van der Waals surface area contributed by atoms with Gasteiger partial charge in [-0.25, -0.2) is 0 Å². The number of nitrogens with two attached hydrogens (primary N) is 1. The Morgan fingerprint density at radius 3 is 2.88 bits per heavy atom. The van der Waals surface area contributed by atoms with E-state index < -0.39 is 5.91 Å². The molecule has 0 aliphatic carbocycles. The van der Waals surface area contributed by atoms with E-state index in [9.17, 15) is 9.59 Å². The van der Waals surface area contributed by atoms with Crippen LogP contribution in [0.4, 0.5) is 0 Å². The maximum absolute atomic E-state index is 11.4. The van der Waals surface area contributed by atoms with E-state index in [0.29, 0.717) is 9.75 Å². The van der Waals surface area contributed by atoms with Crippen molar-refractivity contribution in [3.8, 4) is 11.8 Å². The molecule has 2 amide bonds. The molecule has 0 aliphatic heterocycles. The number of aliphatic hydroxyl groups is 1. The lowest BCUT2D eigenvalue weighted by Crippen LogP contribution is -2.32. The Morgan fingerprint density at radius 1 is 1.50 bits per heavy atom. The summed E-state index contributed by atoms with van der Waals surface area (Å²) in [5, 5.41) is 10.9. The van der Waals surface area contributed by atoms with E-state index in [4.69, 9.17) is 10.8 Å². The van der Waals surface area contributed by atoms with Crippen molar-refractivity contribution >= 4 is 23.2 Å². The Kier molecular flexibility index (Phi) is 4.51. The van der Waals surface area contributed by atoms with E-state index in [1.54, 1.807) is 12.1 Å². The molecule has 0 spiro atoms. The molecule has 16 heavy (non-hydrogen) atoms. The van der Waals surface area contributed by atoms with Gasteiger partial charge in [-0.3, -0.25) is 9.59 Å². The fourth-order valence-electron chi connectivity index (χ4n) is 0.908. The third kappa shape index (κ3) is 3.73. The Hall–Kier alpha value is -1.84. The van der Waals surface area contributed by atoms with Crippen molar-refractivity contribution in [3.63, 3.8) is 0 Å². The number of aliphatic hydroxyl groups excluding tert-OH is 1. The van der Waals surface area contributed by atoms with Crippen molar-refractivity contribution in [2.24, 2.45) is 5.73 Å². The zero-order chi connectivity index (χ0) is 12.0. The lowest BCUT2D eigenvalue weighted by molar-refractivity contribution is -0.117. The van der Waals surface area contributed by atoms with E-state index in [0.717, 1.165) is 0 Å². The van der Waals surface area contributed by atoms with Crippen molar-refractivity contribution in [2.45, 2.75) is 0 Å². The molecule has 0 aromatic carbocycles. The number of hydrogen-bond acceptors (Lipinski definition) is 4. The number of rotatable bonds is 3. The first-order valence-electron chi connectivity index (χ1n) is 4.39. The summed E-state index contributed by atoms with van der Waals surface area (Å²) in [6, 6.07) is 3.27. The average Bonchev–Trinajstić information content (AvgIpc) is 2.71. The van der Waals surface area contributed by atoms with Gasteiger partial charge in [-0.1, -0.05) is 11.8 Å². The smallest absolute Gasteiger partial charge is 0.261 e. The van der Waals surface area contributed by atoms with Gasteiger partial charge in [0.15, 0.2) is 0 Å². The maximum Gasteiger partial charge on any atom is 0.261 e. The second-order valence-electron chi connectivity index (χ2n) is 2.77. The number of thiophene rings is 1. The Morgan fingerprint density at radius 2 is 2.25 bits per heavy atom. The van der Waals surface area contributed by atoms with Crippen molar-refractivity contribution in [2.75, 3.05) is 13.2 Å². The molecule has 1 aromatic rings. The van der Waals surface area contributed by atoms with Gasteiger partial charge in [0, 0.05) is 0 Å². The van der Waals surface area contributed by atoms with Crippen LogP contribution < -0.4 is 11.1 Å². The van der Waals surface area contributed by atoms with Gasteiger partial charge in [0.05, 0.1) is 16.3 Å². The first-order chi connectivity index (χ1) is 7.63. The van der Waals surface area contributed by atoms with Crippen LogP contribution in [0.3, 0.4) is 0 Å². The van der Waals surface area contributed by atoms with E-state index in [-0.39, 0.29) is 19.1 Å². The van der Waals surface area contributed by atoms with Gasteiger partial charge in [-0.15, -0.1) is 11.3 Å². The van der Waals surface area contributed by atoms with E-state index in [1.165, 1.54) is 11.3 Å². The molecule has 0 saturated carbocycles. The lowest BCUT2D eigenvalue weighted by atomic mass is 10.4. The standard InChI is InChI=1S/C10H10N2O3S/c11-9(14)6-12-10(15)8-4-3-7(16-8)2-1-5-13/h3-4,13H,5-6H2,(H2,11,14)(H,12,15). The number of hydrogen-bond donors (Lipinski definition) is 3. The monoisotopic (exact) mass is 238 g/mol. The predicted molar refractivity (Wildman–Crippen MR) is 59.8 cm³/mol. The van der Waals surface area contributed by atoms with Gasteiger partial charge in [-0.2, -0.15) is 0 Å². The molecular weight excluding hydrogens is 228 g/mol. The van der Waals surface area contributed by atoms with Crippen LogP contribution in [0, 0.1) is 11.8 Å². The molecule has 84 valence electrons. The van der Waals surface area contributed by atoms with Crippen LogP contribution in [-0.4, -0.2) is 30.1 Å². The van der Waals surface area contributed by atoms with Crippen LogP contribution in [0.1, 0.15) is 14.5 Å². The van der Waals surface area contributed by atoms with Gasteiger partial charge < -0.3 is 16.2 Å². The third-order valence-corrected chi connectivity index (χ3v) is 2.54. The van der Waals surface area contributed by atoms with Crippen LogP contribution in [0.15, 0.2) is 12.1 Å². The minimum atomic E-state index is -0.592. The molecule has 0 fully saturated rings. The van der Waals surface area contributed by atoms with E-state index in [2.05, 4.69) is 17.2 Å². The fraction of sp³-hybridized carbons (Fsp3) is 0.200. The highest BCUT2D eigenvalue weighted by molar-refractivity contribution is 7.14. The van der Waals surface area contributed by atoms with Gasteiger partial charge >= 0.3 is 0 Å². The number of amides is 2. The number of carbonyl (C=O) groups excluding carboxylic acids is 2. The van der Waals surface area contributed by atoms with Crippen LogP contribution in [0.2, 0.25) is 0 Å². The van der Waals surface area contributed by atoms with Crippen molar-refractivity contribution in [3.05, 3.63) is 21.9 Å². The van der Waals surface area contributed by atoms with Crippen molar-refractivity contribution in [1.29, 1.82) is 0 Å². The molecule has 6 heteroatoms. The molecule has 0 aliphatic rings. The zero-order valence-electron chi connectivity index (χ0n) is 8.32. The highest BCUT2D eigenvalue weighted by Gasteiger charge is 2.08. The highest BCUT2D eigenvalue weighted by Crippen LogP contribution is 2.14. The average molecular weight is 238 g/mol. The molecular formula is C10H10N2O3S. The van der Waals surface area contributed by atoms with Crippen LogP contribution in [-0.2, 0) is 4.79 Å². The van der Waals surface area contributed by atoms with Crippen molar-refractivity contribution < 1.29 is 14.7 Å². The maximum atomic E-state index is 11.4. The Balaban J connectivity index is 2.63. The van der Waals surface area contributed by atoms with Crippen LogP contribution >= 0.6 is 11.3 Å². The van der Waals surface area contributed by atoms with Crippen LogP contribution in [0.25, 0.3) is 0 Å². The molecule has 1 aromatic heterocycles. The molecule has 4 N–H and O–H groups in total. The summed E-state index contributed by atoms with van der Waals surface area (Å²) < 4.78 is 0. The van der Waals surface area contributed by atoms with E-state index in [1.807, 2.05) is 0 Å². The minimum Gasteiger partial charge on any atom is -0.384 e. The summed E-state index contributed by atoms with van der Waals surface area (Å²) in [6.45, 7) is -0.407. The summed E-state index contributed by atoms with van der Waals surface area (Å²) in [5.74, 6) is 4.21. The lowest BCUT2D eigenvalue weighted by Gasteiger charge is -1.98. The Labute approximate surface area is 96.3 Å². The number of carbonyl (C=O) groups is 2. The van der Waals surface area contributed by atoms with E-state index >= 15 is 0 Å². The largest absolute Gasteiger partial charge is 0.384 e. The summed E-state index contributed by atoms with van der Waals surface area (Å²) in [5.41, 5.74) is 4.89. The molecule has 1 heterocycles. The van der Waals surface area contributed by atoms with Gasteiger partial charge in [-0.05, 0) is 12.1 Å². The molecule has 0 unspecified atom stereocenters. The number of nitrogens with one attached hydrogen (secondary N) is 1. The quantitative estimate of drug-likeness (QED) is 0.608. The third-order valence-electron chi connectivity index (χ3n) is 1.54. The predicted octanol–water partition coefficient (Wildman–Crippen LogP) is -0.693. The molecule has 5 nitrogen and oxygen atoms in total. The molecule has 0 saturated heterocycles.